The largest absolute Gasteiger partial charge is 0.483 e. The van der Waals surface area contributed by atoms with E-state index in [1.165, 1.54) is 95.6 Å². The number of ether oxygens (including phenoxy) is 1. The van der Waals surface area contributed by atoms with Crippen LogP contribution in [0.3, 0.4) is 0 Å². The average Bonchev–Trinajstić information content (AvgIpc) is 2.88. The quantitative estimate of drug-likeness (QED) is 0.236. The van der Waals surface area contributed by atoms with Crippen LogP contribution in [0.5, 0.6) is 5.75 Å². The first-order valence-electron chi connectivity index (χ1n) is 14.8. The van der Waals surface area contributed by atoms with E-state index in [1.54, 1.807) is 6.08 Å². The predicted octanol–water partition coefficient (Wildman–Crippen LogP) is 10.00. The van der Waals surface area contributed by atoms with Gasteiger partial charge in [0.05, 0.1) is 0 Å². The molecule has 0 N–H and O–H groups in total. The van der Waals surface area contributed by atoms with Gasteiger partial charge in [0.2, 0.25) is 0 Å². The Kier molecular flexibility index (Phi) is 10.1. The highest BCUT2D eigenvalue weighted by molar-refractivity contribution is 5.33. The highest BCUT2D eigenvalue weighted by Crippen LogP contribution is 2.50. The van der Waals surface area contributed by atoms with Gasteiger partial charge < -0.3 is 4.74 Å². The number of allylic oxidation sites excluding steroid dienone is 1. The lowest BCUT2D eigenvalue weighted by molar-refractivity contribution is 0.0613. The lowest BCUT2D eigenvalue weighted by Crippen LogP contribution is -2.34. The van der Waals surface area contributed by atoms with E-state index in [9.17, 15) is 8.78 Å². The van der Waals surface area contributed by atoms with Gasteiger partial charge in [-0.15, -0.1) is 0 Å². The van der Waals surface area contributed by atoms with Gasteiger partial charge in [0, 0.05) is 0 Å². The predicted molar refractivity (Wildman–Crippen MR) is 142 cm³/mol. The molecule has 3 heteroatoms. The van der Waals surface area contributed by atoms with Crippen LogP contribution in [0.1, 0.15) is 122 Å². The fourth-order valence-corrected chi connectivity index (χ4v) is 7.68. The van der Waals surface area contributed by atoms with Gasteiger partial charge in [-0.3, -0.25) is 0 Å². The van der Waals surface area contributed by atoms with Crippen molar-refractivity contribution in [3.8, 4) is 5.75 Å². The van der Waals surface area contributed by atoms with Crippen molar-refractivity contribution in [1.29, 1.82) is 0 Å². The minimum Gasteiger partial charge on any atom is -0.483 e. The summed E-state index contributed by atoms with van der Waals surface area (Å²) in [6.45, 7) is 4.36. The normalized spacial score (nSPS) is 31.4. The van der Waals surface area contributed by atoms with Crippen LogP contribution in [0.15, 0.2) is 24.3 Å². The van der Waals surface area contributed by atoms with Gasteiger partial charge in [-0.25, -0.2) is 8.78 Å². The molecule has 4 unspecified atom stereocenters. The number of hydrogen-bond acceptors (Lipinski definition) is 1. The topological polar surface area (TPSA) is 9.23 Å². The van der Waals surface area contributed by atoms with Crippen molar-refractivity contribution in [2.45, 2.75) is 116 Å². The Balaban J connectivity index is 1.23. The zero-order chi connectivity index (χ0) is 24.6. The van der Waals surface area contributed by atoms with Crippen molar-refractivity contribution in [2.75, 3.05) is 6.61 Å². The third kappa shape index (κ3) is 7.10. The molecule has 0 bridgehead atoms. The molecule has 0 amide bonds. The number of halogens is 2. The monoisotopic (exact) mass is 486 g/mol. The van der Waals surface area contributed by atoms with Crippen LogP contribution >= 0.6 is 0 Å². The molecule has 1 aromatic rings. The van der Waals surface area contributed by atoms with Crippen LogP contribution in [-0.4, -0.2) is 6.61 Å². The van der Waals surface area contributed by atoms with Crippen LogP contribution in [0.4, 0.5) is 8.78 Å². The fourth-order valence-electron chi connectivity index (χ4n) is 7.68. The van der Waals surface area contributed by atoms with E-state index in [4.69, 9.17) is 4.74 Å². The Morgan fingerprint density at radius 1 is 0.800 bits per heavy atom. The van der Waals surface area contributed by atoms with Gasteiger partial charge in [0.1, 0.15) is 6.61 Å². The average molecular weight is 487 g/mol. The molecular weight excluding hydrogens is 438 g/mol. The molecule has 3 fully saturated rings. The number of benzene rings is 1. The Hall–Kier alpha value is -1.38. The van der Waals surface area contributed by atoms with Crippen molar-refractivity contribution < 1.29 is 13.5 Å². The zero-order valence-electron chi connectivity index (χ0n) is 22.3. The summed E-state index contributed by atoms with van der Waals surface area (Å²) in [5.41, 5.74) is 0.817. The lowest BCUT2D eigenvalue weighted by atomic mass is 9.60. The second-order valence-electron chi connectivity index (χ2n) is 11.9. The van der Waals surface area contributed by atoms with Crippen molar-refractivity contribution in [3.05, 3.63) is 41.5 Å². The van der Waals surface area contributed by atoms with Crippen molar-refractivity contribution in [1.82, 2.24) is 0 Å². The molecule has 0 saturated heterocycles. The van der Waals surface area contributed by atoms with E-state index < -0.39 is 11.6 Å². The summed E-state index contributed by atoms with van der Waals surface area (Å²) in [6.07, 6.45) is 24.0. The summed E-state index contributed by atoms with van der Waals surface area (Å²) in [5, 5.41) is 0. The van der Waals surface area contributed by atoms with E-state index in [-0.39, 0.29) is 18.3 Å². The van der Waals surface area contributed by atoms with Crippen LogP contribution in [0.25, 0.3) is 0 Å². The molecule has 0 aliphatic heterocycles. The minimum atomic E-state index is -0.564. The smallest absolute Gasteiger partial charge is 0.191 e. The first kappa shape index (κ1) is 26.7. The standard InChI is InChI=1S/C32H48F2O/c1-3-5-7-8-9-23-10-11-28-20-27(17-16-26(28)19-23)24-12-14-25(15-13-24)29-21-30(33)32(31(34)22-29)35-18-6-4-2/h4,6,21-28H,3,5,7-20H2,1-2H3/b6-4+. The fraction of sp³-hybridized carbons (Fsp3) is 0.750. The highest BCUT2D eigenvalue weighted by atomic mass is 19.1. The highest BCUT2D eigenvalue weighted by Gasteiger charge is 2.38. The number of fused-ring (bicyclic) bond motifs is 1. The summed E-state index contributed by atoms with van der Waals surface area (Å²) >= 11 is 0. The molecule has 4 atom stereocenters. The number of rotatable bonds is 10. The van der Waals surface area contributed by atoms with E-state index in [0.717, 1.165) is 48.0 Å². The minimum absolute atomic E-state index is 0.192. The molecule has 1 aromatic carbocycles. The Morgan fingerprint density at radius 3 is 2.11 bits per heavy atom. The summed E-state index contributed by atoms with van der Waals surface area (Å²) in [6, 6.07) is 3.04. The molecule has 3 saturated carbocycles. The second-order valence-corrected chi connectivity index (χ2v) is 11.9. The third-order valence-corrected chi connectivity index (χ3v) is 9.72. The molecule has 196 valence electrons. The van der Waals surface area contributed by atoms with Gasteiger partial charge >= 0.3 is 0 Å². The molecule has 0 heterocycles. The Morgan fingerprint density at radius 2 is 1.43 bits per heavy atom. The molecule has 3 aliphatic carbocycles. The van der Waals surface area contributed by atoms with Gasteiger partial charge in [-0.1, -0.05) is 57.6 Å². The molecule has 4 rings (SSSR count). The van der Waals surface area contributed by atoms with Crippen LogP contribution in [0, 0.1) is 41.2 Å². The van der Waals surface area contributed by atoms with Crippen LogP contribution in [0.2, 0.25) is 0 Å². The molecule has 0 radical (unpaired) electrons. The molecular formula is C32H48F2O. The molecule has 3 aliphatic rings. The lowest BCUT2D eigenvalue weighted by Gasteiger charge is -2.45. The second kappa shape index (κ2) is 13.2. The van der Waals surface area contributed by atoms with Crippen molar-refractivity contribution in [2.24, 2.45) is 29.6 Å². The summed E-state index contributed by atoms with van der Waals surface area (Å²) in [5.74, 6) is 3.57. The molecule has 35 heavy (non-hydrogen) atoms. The summed E-state index contributed by atoms with van der Waals surface area (Å²) in [7, 11) is 0. The first-order valence-corrected chi connectivity index (χ1v) is 14.8. The Bertz CT molecular complexity index is 787. The van der Waals surface area contributed by atoms with E-state index in [0.29, 0.717) is 0 Å². The Labute approximate surface area is 213 Å². The van der Waals surface area contributed by atoms with Gasteiger partial charge in [-0.2, -0.15) is 0 Å². The maximum atomic E-state index is 14.6. The summed E-state index contributed by atoms with van der Waals surface area (Å²) < 4.78 is 34.4. The van der Waals surface area contributed by atoms with E-state index in [1.807, 2.05) is 13.0 Å². The van der Waals surface area contributed by atoms with Gasteiger partial charge in [-0.05, 0) is 118 Å². The molecule has 1 nitrogen and oxygen atoms in total. The van der Waals surface area contributed by atoms with Crippen LogP contribution in [-0.2, 0) is 0 Å². The van der Waals surface area contributed by atoms with Crippen LogP contribution < -0.4 is 4.74 Å². The van der Waals surface area contributed by atoms with Crippen molar-refractivity contribution >= 4 is 0 Å². The van der Waals surface area contributed by atoms with E-state index >= 15 is 0 Å². The SMILES string of the molecule is C/C=C/COc1c(F)cc(C2CCC(C3CCC4CC(CCCCCC)CCC4C3)CC2)cc1F. The number of hydrogen-bond donors (Lipinski definition) is 0. The molecule has 0 spiro atoms. The number of unbranched alkanes of at least 4 members (excludes halogenated alkanes) is 3. The molecule has 0 aromatic heterocycles. The zero-order valence-corrected chi connectivity index (χ0v) is 22.3. The maximum Gasteiger partial charge on any atom is 0.191 e. The summed E-state index contributed by atoms with van der Waals surface area (Å²) in [4.78, 5) is 0. The van der Waals surface area contributed by atoms with Crippen molar-refractivity contribution in [3.63, 3.8) is 0 Å². The van der Waals surface area contributed by atoms with Gasteiger partial charge in [0.15, 0.2) is 17.4 Å². The van der Waals surface area contributed by atoms with E-state index in [2.05, 4.69) is 6.92 Å². The third-order valence-electron chi connectivity index (χ3n) is 9.72. The van der Waals surface area contributed by atoms with Gasteiger partial charge in [0.25, 0.3) is 0 Å². The maximum absolute atomic E-state index is 14.6. The first-order chi connectivity index (χ1) is 17.1.